The number of carbonyl (C=O) groups is 1. The second-order valence-electron chi connectivity index (χ2n) is 4.89. The standard InChI is InChI=1S/C17H15ClN2O2S/c1-10-4-5-23-16(10)7-12(9-19)17(21)20-14-6-11(2)13(18)8-15(14)22-3/h4-8H,1-3H3,(H,20,21)/b12-7+. The number of nitrogens with one attached hydrogen (secondary N) is 1. The van der Waals surface area contributed by atoms with Crippen molar-refractivity contribution in [3.8, 4) is 11.8 Å². The predicted octanol–water partition coefficient (Wildman–Crippen LogP) is 4.57. The zero-order chi connectivity index (χ0) is 17.0. The van der Waals surface area contributed by atoms with E-state index in [1.54, 1.807) is 18.2 Å². The molecule has 118 valence electrons. The van der Waals surface area contributed by atoms with Crippen LogP contribution in [0.2, 0.25) is 5.02 Å². The first-order chi connectivity index (χ1) is 11.0. The molecule has 0 spiro atoms. The zero-order valence-electron chi connectivity index (χ0n) is 12.9. The van der Waals surface area contributed by atoms with Crippen molar-refractivity contribution in [2.75, 3.05) is 12.4 Å². The number of methoxy groups -OCH3 is 1. The van der Waals surface area contributed by atoms with Gasteiger partial charge in [0.2, 0.25) is 0 Å². The maximum Gasteiger partial charge on any atom is 0.266 e. The first-order valence-electron chi connectivity index (χ1n) is 6.77. The summed E-state index contributed by atoms with van der Waals surface area (Å²) in [6, 6.07) is 7.22. The highest BCUT2D eigenvalue weighted by Crippen LogP contribution is 2.31. The molecule has 2 aromatic rings. The van der Waals surface area contributed by atoms with Crippen LogP contribution in [0.3, 0.4) is 0 Å². The van der Waals surface area contributed by atoms with Crippen molar-refractivity contribution in [3.63, 3.8) is 0 Å². The summed E-state index contributed by atoms with van der Waals surface area (Å²) >= 11 is 7.53. The number of amides is 1. The number of anilines is 1. The quantitative estimate of drug-likeness (QED) is 0.651. The minimum Gasteiger partial charge on any atom is -0.495 e. The van der Waals surface area contributed by atoms with Crippen LogP contribution in [0.1, 0.15) is 16.0 Å². The molecular formula is C17H15ClN2O2S. The maximum absolute atomic E-state index is 12.4. The van der Waals surface area contributed by atoms with Gasteiger partial charge in [0.1, 0.15) is 17.4 Å². The van der Waals surface area contributed by atoms with Crippen molar-refractivity contribution in [2.45, 2.75) is 13.8 Å². The second-order valence-corrected chi connectivity index (χ2v) is 6.25. The number of halogens is 1. The summed E-state index contributed by atoms with van der Waals surface area (Å²) in [6.45, 7) is 3.76. The Morgan fingerprint density at radius 3 is 2.70 bits per heavy atom. The molecule has 0 bridgehead atoms. The van der Waals surface area contributed by atoms with Crippen LogP contribution >= 0.6 is 22.9 Å². The van der Waals surface area contributed by atoms with E-state index < -0.39 is 5.91 Å². The Bertz CT molecular complexity index is 818. The number of thiophene rings is 1. The zero-order valence-corrected chi connectivity index (χ0v) is 14.5. The molecule has 2 rings (SSSR count). The highest BCUT2D eigenvalue weighted by molar-refractivity contribution is 7.11. The lowest BCUT2D eigenvalue weighted by Gasteiger charge is -2.12. The molecule has 1 N–H and O–H groups in total. The summed E-state index contributed by atoms with van der Waals surface area (Å²) in [7, 11) is 1.49. The van der Waals surface area contributed by atoms with E-state index in [1.165, 1.54) is 18.4 Å². The van der Waals surface area contributed by atoms with Gasteiger partial charge in [0.25, 0.3) is 5.91 Å². The van der Waals surface area contributed by atoms with Crippen LogP contribution in [-0.2, 0) is 4.79 Å². The lowest BCUT2D eigenvalue weighted by molar-refractivity contribution is -0.112. The Labute approximate surface area is 144 Å². The van der Waals surface area contributed by atoms with Crippen LogP contribution in [0, 0.1) is 25.2 Å². The molecule has 0 aliphatic heterocycles. The van der Waals surface area contributed by atoms with Crippen molar-refractivity contribution in [1.29, 1.82) is 5.26 Å². The summed E-state index contributed by atoms with van der Waals surface area (Å²) in [4.78, 5) is 13.2. The Kier molecular flexibility index (Phi) is 5.43. The SMILES string of the molecule is COc1cc(Cl)c(C)cc1NC(=O)/C(C#N)=C/c1sccc1C. The van der Waals surface area contributed by atoms with Gasteiger partial charge < -0.3 is 10.1 Å². The summed E-state index contributed by atoms with van der Waals surface area (Å²) in [6.07, 6.45) is 1.59. The van der Waals surface area contributed by atoms with Gasteiger partial charge >= 0.3 is 0 Å². The minimum atomic E-state index is -0.486. The third-order valence-corrected chi connectivity index (χ3v) is 4.64. The lowest BCUT2D eigenvalue weighted by Crippen LogP contribution is -2.14. The Morgan fingerprint density at radius 2 is 2.13 bits per heavy atom. The molecule has 0 unspecified atom stereocenters. The highest BCUT2D eigenvalue weighted by atomic mass is 35.5. The molecule has 0 radical (unpaired) electrons. The number of nitriles is 1. The average molecular weight is 347 g/mol. The molecule has 1 aromatic carbocycles. The number of rotatable bonds is 4. The van der Waals surface area contributed by atoms with Gasteiger partial charge in [0, 0.05) is 16.0 Å². The van der Waals surface area contributed by atoms with Gasteiger partial charge in [0.05, 0.1) is 12.8 Å². The number of nitrogens with zero attached hydrogens (tertiary/aromatic N) is 1. The van der Waals surface area contributed by atoms with Crippen LogP contribution in [-0.4, -0.2) is 13.0 Å². The smallest absolute Gasteiger partial charge is 0.266 e. The van der Waals surface area contributed by atoms with Gasteiger partial charge in [-0.1, -0.05) is 11.6 Å². The molecule has 1 aromatic heterocycles. The Morgan fingerprint density at radius 1 is 1.39 bits per heavy atom. The molecule has 0 atom stereocenters. The molecule has 0 saturated heterocycles. The molecule has 6 heteroatoms. The van der Waals surface area contributed by atoms with E-state index in [4.69, 9.17) is 16.3 Å². The molecule has 1 amide bonds. The molecule has 0 fully saturated rings. The third kappa shape index (κ3) is 3.92. The van der Waals surface area contributed by atoms with Crippen LogP contribution in [0.5, 0.6) is 5.75 Å². The molecule has 0 aliphatic rings. The molecule has 0 saturated carbocycles. The maximum atomic E-state index is 12.4. The van der Waals surface area contributed by atoms with Gasteiger partial charge in [-0.05, 0) is 48.6 Å². The van der Waals surface area contributed by atoms with E-state index in [0.717, 1.165) is 16.0 Å². The monoisotopic (exact) mass is 346 g/mol. The van der Waals surface area contributed by atoms with Crippen molar-refractivity contribution in [3.05, 3.63) is 50.2 Å². The summed E-state index contributed by atoms with van der Waals surface area (Å²) in [5, 5.41) is 14.4. The van der Waals surface area contributed by atoms with Crippen LogP contribution in [0.4, 0.5) is 5.69 Å². The summed E-state index contributed by atoms with van der Waals surface area (Å²) in [5.74, 6) is -0.0427. The van der Waals surface area contributed by atoms with Gasteiger partial charge in [-0.25, -0.2) is 0 Å². The fourth-order valence-electron chi connectivity index (χ4n) is 1.93. The van der Waals surface area contributed by atoms with E-state index >= 15 is 0 Å². The van der Waals surface area contributed by atoms with Gasteiger partial charge in [-0.15, -0.1) is 11.3 Å². The summed E-state index contributed by atoms with van der Waals surface area (Å²) in [5.41, 5.74) is 2.34. The lowest BCUT2D eigenvalue weighted by atomic mass is 10.1. The molecular weight excluding hydrogens is 332 g/mol. The fraction of sp³-hybridized carbons (Fsp3) is 0.176. The fourth-order valence-corrected chi connectivity index (χ4v) is 2.94. The number of hydrogen-bond donors (Lipinski definition) is 1. The van der Waals surface area contributed by atoms with E-state index in [-0.39, 0.29) is 5.57 Å². The topological polar surface area (TPSA) is 62.1 Å². The molecule has 23 heavy (non-hydrogen) atoms. The van der Waals surface area contributed by atoms with Gasteiger partial charge in [-0.3, -0.25) is 4.79 Å². The summed E-state index contributed by atoms with van der Waals surface area (Å²) < 4.78 is 5.22. The first kappa shape index (κ1) is 17.1. The van der Waals surface area contributed by atoms with Crippen molar-refractivity contribution < 1.29 is 9.53 Å². The second kappa shape index (κ2) is 7.32. The minimum absolute atomic E-state index is 0.0326. The van der Waals surface area contributed by atoms with Crippen molar-refractivity contribution >= 4 is 40.6 Å². The highest BCUT2D eigenvalue weighted by Gasteiger charge is 2.14. The number of hydrogen-bond acceptors (Lipinski definition) is 4. The Balaban J connectivity index is 2.31. The van der Waals surface area contributed by atoms with Crippen LogP contribution < -0.4 is 10.1 Å². The number of ether oxygens (including phenoxy) is 1. The average Bonchev–Trinajstić information content (AvgIpc) is 2.93. The Hall–Kier alpha value is -2.29. The van der Waals surface area contributed by atoms with E-state index in [1.807, 2.05) is 31.4 Å². The van der Waals surface area contributed by atoms with E-state index in [9.17, 15) is 10.1 Å². The third-order valence-electron chi connectivity index (χ3n) is 3.27. The van der Waals surface area contributed by atoms with Gasteiger partial charge in [-0.2, -0.15) is 5.26 Å². The molecule has 0 aliphatic carbocycles. The van der Waals surface area contributed by atoms with Crippen molar-refractivity contribution in [2.24, 2.45) is 0 Å². The largest absolute Gasteiger partial charge is 0.495 e. The number of aryl methyl sites for hydroxylation is 2. The first-order valence-corrected chi connectivity index (χ1v) is 8.03. The molecule has 1 heterocycles. The van der Waals surface area contributed by atoms with Crippen molar-refractivity contribution in [1.82, 2.24) is 0 Å². The number of benzene rings is 1. The predicted molar refractivity (Wildman–Crippen MR) is 94.0 cm³/mol. The van der Waals surface area contributed by atoms with E-state index in [0.29, 0.717) is 16.5 Å². The van der Waals surface area contributed by atoms with Crippen LogP contribution in [0.15, 0.2) is 29.2 Å². The molecule has 4 nitrogen and oxygen atoms in total. The number of carbonyl (C=O) groups excluding carboxylic acids is 1. The van der Waals surface area contributed by atoms with Gasteiger partial charge in [0.15, 0.2) is 0 Å². The van der Waals surface area contributed by atoms with Crippen LogP contribution in [0.25, 0.3) is 6.08 Å². The van der Waals surface area contributed by atoms with E-state index in [2.05, 4.69) is 5.32 Å². The normalized spacial score (nSPS) is 11.0.